The quantitative estimate of drug-likeness (QED) is 0.0858. The Morgan fingerprint density at radius 3 is 1.06 bits per heavy atom. The van der Waals surface area contributed by atoms with Crippen LogP contribution in [0.15, 0.2) is 104 Å². The molecule has 0 saturated heterocycles. The van der Waals surface area contributed by atoms with E-state index in [9.17, 15) is 9.59 Å². The van der Waals surface area contributed by atoms with Gasteiger partial charge in [0.05, 0.1) is 14.2 Å². The number of ketones is 2. The average molecular weight is 659 g/mol. The lowest BCUT2D eigenvalue weighted by Gasteiger charge is -2.19. The second-order valence-electron chi connectivity index (χ2n) is 13.8. The van der Waals surface area contributed by atoms with Crippen molar-refractivity contribution in [1.29, 1.82) is 0 Å². The molecule has 0 aromatic heterocycles. The third-order valence-corrected chi connectivity index (χ3v) is 9.00. The Labute approximate surface area is 294 Å². The lowest BCUT2D eigenvalue weighted by Crippen LogP contribution is -2.24. The molecule has 0 heterocycles. The third-order valence-electron chi connectivity index (χ3n) is 9.00. The predicted molar refractivity (Wildman–Crippen MR) is 206 cm³/mol. The van der Waals surface area contributed by atoms with Gasteiger partial charge >= 0.3 is 0 Å². The fourth-order valence-electron chi connectivity index (χ4n) is 5.65. The highest BCUT2D eigenvalue weighted by atomic mass is 16.5. The lowest BCUT2D eigenvalue weighted by atomic mass is 9.90. The minimum Gasteiger partial charge on any atom is -0.489 e. The Morgan fingerprint density at radius 2 is 0.750 bits per heavy atom. The molecule has 0 N–H and O–H groups in total. The number of ether oxygens (including phenoxy) is 2. The molecule has 0 fully saturated rings. The fourth-order valence-corrected chi connectivity index (χ4v) is 5.65. The van der Waals surface area contributed by atoms with Gasteiger partial charge in [-0.3, -0.25) is 9.59 Å². The van der Waals surface area contributed by atoms with E-state index in [4.69, 9.17) is 9.47 Å². The standard InChI is InChI=1S/C44H66O4/c1-32(2)18-12-19-33(3)20-13-21-34(4)22-14-23-35(5)24-15-25-36(6)26-16-27-37(7)28-17-29-38(8)30-31-40-39(9)41(45)43(47-10)44(48-11)42(40)46/h18,20,22,24,26,28,30H,12-17,19,21,23,25,27,29,31H2,1-11H3/b33-20+,34-22+,35-24+,36-26+,37-28+,38-30+. The van der Waals surface area contributed by atoms with Gasteiger partial charge in [0.15, 0.2) is 0 Å². The number of allylic oxidation sites excluding steroid dienone is 16. The van der Waals surface area contributed by atoms with Crippen molar-refractivity contribution in [1.82, 2.24) is 0 Å². The van der Waals surface area contributed by atoms with Gasteiger partial charge in [-0.15, -0.1) is 0 Å². The van der Waals surface area contributed by atoms with Gasteiger partial charge in [0, 0.05) is 11.1 Å². The molecular weight excluding hydrogens is 592 g/mol. The van der Waals surface area contributed by atoms with E-state index in [1.165, 1.54) is 59.7 Å². The summed E-state index contributed by atoms with van der Waals surface area (Å²) in [7, 11) is 2.77. The Bertz CT molecular complexity index is 1360. The summed E-state index contributed by atoms with van der Waals surface area (Å²) in [6, 6.07) is 0. The molecule has 1 aliphatic carbocycles. The van der Waals surface area contributed by atoms with Crippen LogP contribution in [0.3, 0.4) is 0 Å². The highest BCUT2D eigenvalue weighted by Crippen LogP contribution is 2.28. The number of hydrogen-bond donors (Lipinski definition) is 0. The average Bonchev–Trinajstić information content (AvgIpc) is 3.02. The van der Waals surface area contributed by atoms with Crippen LogP contribution >= 0.6 is 0 Å². The summed E-state index contributed by atoms with van der Waals surface area (Å²) in [6.07, 6.45) is 30.0. The molecule has 4 heteroatoms. The number of Topliss-reactive ketones (excluding diaryl/α,β-unsaturated/α-hetero) is 2. The van der Waals surface area contributed by atoms with E-state index >= 15 is 0 Å². The molecule has 0 atom stereocenters. The Kier molecular flexibility index (Phi) is 21.2. The number of carbonyl (C=O) groups excluding carboxylic acids is 2. The lowest BCUT2D eigenvalue weighted by molar-refractivity contribution is -0.121. The smallest absolute Gasteiger partial charge is 0.228 e. The van der Waals surface area contributed by atoms with Crippen molar-refractivity contribution >= 4 is 11.6 Å². The van der Waals surface area contributed by atoms with Gasteiger partial charge in [-0.1, -0.05) is 81.5 Å². The van der Waals surface area contributed by atoms with Crippen LogP contribution in [0, 0.1) is 0 Å². The maximum absolute atomic E-state index is 12.8. The van der Waals surface area contributed by atoms with Gasteiger partial charge in [-0.05, 0) is 146 Å². The number of methoxy groups -OCH3 is 2. The zero-order chi connectivity index (χ0) is 36.1. The third kappa shape index (κ3) is 17.1. The van der Waals surface area contributed by atoms with Crippen LogP contribution in [0.2, 0.25) is 0 Å². The number of rotatable bonds is 22. The first-order valence-electron chi connectivity index (χ1n) is 18.0. The molecule has 0 spiro atoms. The first kappa shape index (κ1) is 42.6. The van der Waals surface area contributed by atoms with Crippen LogP contribution < -0.4 is 0 Å². The van der Waals surface area contributed by atoms with Crippen LogP contribution in [0.4, 0.5) is 0 Å². The molecule has 1 rings (SSSR count). The molecule has 266 valence electrons. The van der Waals surface area contributed by atoms with Crippen molar-refractivity contribution in [2.75, 3.05) is 14.2 Å². The summed E-state index contributed by atoms with van der Waals surface area (Å²) < 4.78 is 10.3. The van der Waals surface area contributed by atoms with Gasteiger partial charge in [-0.25, -0.2) is 0 Å². The molecule has 0 amide bonds. The Balaban J connectivity index is 2.37. The maximum Gasteiger partial charge on any atom is 0.228 e. The van der Waals surface area contributed by atoms with E-state index in [0.29, 0.717) is 17.6 Å². The second-order valence-corrected chi connectivity index (χ2v) is 13.8. The first-order valence-corrected chi connectivity index (χ1v) is 18.0. The van der Waals surface area contributed by atoms with Gasteiger partial charge in [0.2, 0.25) is 23.1 Å². The summed E-state index contributed by atoms with van der Waals surface area (Å²) in [5, 5.41) is 0. The topological polar surface area (TPSA) is 52.6 Å². The molecule has 0 unspecified atom stereocenters. The van der Waals surface area contributed by atoms with Crippen LogP contribution in [0.5, 0.6) is 0 Å². The van der Waals surface area contributed by atoms with E-state index in [2.05, 4.69) is 91.8 Å². The fraction of sp³-hybridized carbons (Fsp3) is 0.545. The molecule has 4 nitrogen and oxygen atoms in total. The van der Waals surface area contributed by atoms with Crippen molar-refractivity contribution in [2.24, 2.45) is 0 Å². The maximum atomic E-state index is 12.8. The van der Waals surface area contributed by atoms with Crippen LogP contribution in [-0.2, 0) is 19.1 Å². The summed E-state index contributed by atoms with van der Waals surface area (Å²) in [4.78, 5) is 25.4. The summed E-state index contributed by atoms with van der Waals surface area (Å²) in [5.41, 5.74) is 10.9. The number of carbonyl (C=O) groups is 2. The molecule has 0 aliphatic heterocycles. The summed E-state index contributed by atoms with van der Waals surface area (Å²) in [6.45, 7) is 19.4. The van der Waals surface area contributed by atoms with Crippen LogP contribution in [-0.4, -0.2) is 25.8 Å². The monoisotopic (exact) mass is 658 g/mol. The molecular formula is C44H66O4. The van der Waals surface area contributed by atoms with Gasteiger partial charge < -0.3 is 9.47 Å². The van der Waals surface area contributed by atoms with Crippen molar-refractivity contribution < 1.29 is 19.1 Å². The SMILES string of the molecule is COC1=C(OC)C(=O)C(C/C=C(\C)CC/C=C(\C)CC/C=C(\C)CC/C=C(\C)CC/C=C(\C)CC/C=C(\C)CCC=C(C)C)=C(C)C1=O. The van der Waals surface area contributed by atoms with Crippen molar-refractivity contribution in [3.63, 3.8) is 0 Å². The first-order chi connectivity index (χ1) is 22.8. The van der Waals surface area contributed by atoms with E-state index in [1.807, 2.05) is 6.08 Å². The summed E-state index contributed by atoms with van der Waals surface area (Å²) >= 11 is 0. The zero-order valence-corrected chi connectivity index (χ0v) is 32.4. The molecule has 0 bridgehead atoms. The highest BCUT2D eigenvalue weighted by Gasteiger charge is 2.34. The van der Waals surface area contributed by atoms with E-state index in [0.717, 1.165) is 70.6 Å². The Hall–Kier alpha value is -3.40. The van der Waals surface area contributed by atoms with Crippen LogP contribution in [0.1, 0.15) is 146 Å². The van der Waals surface area contributed by atoms with Gasteiger partial charge in [0.25, 0.3) is 0 Å². The zero-order valence-electron chi connectivity index (χ0n) is 32.4. The predicted octanol–water partition coefficient (Wildman–Crippen LogP) is 12.7. The molecule has 0 saturated carbocycles. The van der Waals surface area contributed by atoms with E-state index in [-0.39, 0.29) is 23.1 Å². The molecule has 48 heavy (non-hydrogen) atoms. The molecule has 1 aliphatic rings. The van der Waals surface area contributed by atoms with Gasteiger partial charge in [0.1, 0.15) is 0 Å². The highest BCUT2D eigenvalue weighted by molar-refractivity contribution is 6.23. The van der Waals surface area contributed by atoms with Crippen molar-refractivity contribution in [3.05, 3.63) is 104 Å². The van der Waals surface area contributed by atoms with Crippen LogP contribution in [0.25, 0.3) is 0 Å². The normalized spacial score (nSPS) is 15.9. The minimum absolute atomic E-state index is 0.00623. The Morgan fingerprint density at radius 1 is 0.458 bits per heavy atom. The second kappa shape index (κ2) is 23.8. The summed E-state index contributed by atoms with van der Waals surface area (Å²) in [5.74, 6) is -0.570. The molecule has 0 radical (unpaired) electrons. The largest absolute Gasteiger partial charge is 0.489 e. The van der Waals surface area contributed by atoms with E-state index < -0.39 is 0 Å². The molecule has 0 aromatic carbocycles. The van der Waals surface area contributed by atoms with Gasteiger partial charge in [-0.2, -0.15) is 0 Å². The molecule has 0 aromatic rings. The minimum atomic E-state index is -0.283. The van der Waals surface area contributed by atoms with Crippen molar-refractivity contribution in [2.45, 2.75) is 146 Å². The van der Waals surface area contributed by atoms with Crippen molar-refractivity contribution in [3.8, 4) is 0 Å². The van der Waals surface area contributed by atoms with E-state index in [1.54, 1.807) is 6.92 Å². The number of hydrogen-bond acceptors (Lipinski definition) is 4.